The Morgan fingerprint density at radius 3 is 2.42 bits per heavy atom. The first-order valence-corrected chi connectivity index (χ1v) is 5.17. The second-order valence-corrected chi connectivity index (χ2v) is 3.85. The molecule has 1 heterocycles. The van der Waals surface area contributed by atoms with E-state index in [1.807, 2.05) is 0 Å². The van der Waals surface area contributed by atoms with Gasteiger partial charge in [0.2, 0.25) is 0 Å². The van der Waals surface area contributed by atoms with E-state index in [0.29, 0.717) is 0 Å². The number of piperazine rings is 1. The van der Waals surface area contributed by atoms with Crippen LogP contribution in [0.4, 0.5) is 0 Å². The first kappa shape index (κ1) is 8.48. The van der Waals surface area contributed by atoms with Crippen molar-refractivity contribution in [1.82, 2.24) is 15.8 Å². The lowest BCUT2D eigenvalue weighted by Gasteiger charge is -2.30. The zero-order valence-corrected chi connectivity index (χ0v) is 7.68. The molecular weight excluding hydrogens is 150 g/mol. The Labute approximate surface area is 74.5 Å². The van der Waals surface area contributed by atoms with Crippen LogP contribution in [-0.4, -0.2) is 37.2 Å². The first-order valence-electron chi connectivity index (χ1n) is 5.17. The fourth-order valence-corrected chi connectivity index (χ4v) is 2.11. The van der Waals surface area contributed by atoms with Crippen molar-refractivity contribution in [3.8, 4) is 0 Å². The van der Waals surface area contributed by atoms with Crippen molar-refractivity contribution in [2.45, 2.75) is 31.7 Å². The minimum absolute atomic E-state index is 0.781. The monoisotopic (exact) mass is 169 g/mol. The van der Waals surface area contributed by atoms with Gasteiger partial charge in [0.25, 0.3) is 0 Å². The van der Waals surface area contributed by atoms with Crippen LogP contribution in [-0.2, 0) is 0 Å². The summed E-state index contributed by atoms with van der Waals surface area (Å²) >= 11 is 0. The van der Waals surface area contributed by atoms with Gasteiger partial charge in [0, 0.05) is 32.2 Å². The van der Waals surface area contributed by atoms with E-state index in [1.54, 1.807) is 0 Å². The molecule has 1 saturated heterocycles. The molecule has 0 spiro atoms. The van der Waals surface area contributed by atoms with E-state index in [1.165, 1.54) is 25.7 Å². The fraction of sp³-hybridized carbons (Fsp3) is 1.00. The fourth-order valence-electron chi connectivity index (χ4n) is 2.11. The molecule has 2 aliphatic rings. The second-order valence-electron chi connectivity index (χ2n) is 3.85. The summed E-state index contributed by atoms with van der Waals surface area (Å²) < 4.78 is 0. The first-order chi connectivity index (χ1) is 5.95. The lowest BCUT2D eigenvalue weighted by atomic mass is 10.3. The topological polar surface area (TPSA) is 27.3 Å². The van der Waals surface area contributed by atoms with Crippen molar-refractivity contribution in [2.24, 2.45) is 0 Å². The van der Waals surface area contributed by atoms with Crippen LogP contribution in [0.3, 0.4) is 0 Å². The molecule has 1 saturated carbocycles. The SMILES string of the molecule is C1CCC(NN2CCNCC2)C1. The molecule has 3 nitrogen and oxygen atoms in total. The van der Waals surface area contributed by atoms with Crippen LogP contribution in [0.2, 0.25) is 0 Å². The van der Waals surface area contributed by atoms with Crippen LogP contribution in [0.1, 0.15) is 25.7 Å². The Kier molecular flexibility index (Phi) is 2.98. The van der Waals surface area contributed by atoms with Gasteiger partial charge >= 0.3 is 0 Å². The largest absolute Gasteiger partial charge is 0.314 e. The lowest BCUT2D eigenvalue weighted by molar-refractivity contribution is 0.138. The number of hydrazine groups is 1. The van der Waals surface area contributed by atoms with E-state index in [0.717, 1.165) is 32.2 Å². The average Bonchev–Trinajstić information content (AvgIpc) is 2.59. The summed E-state index contributed by atoms with van der Waals surface area (Å²) in [5.74, 6) is 0. The predicted octanol–water partition coefficient (Wildman–Crippen LogP) is 0.339. The highest BCUT2D eigenvalue weighted by atomic mass is 15.5. The number of nitrogens with one attached hydrogen (secondary N) is 2. The normalized spacial score (nSPS) is 28.0. The summed E-state index contributed by atoms with van der Waals surface area (Å²) in [6.07, 6.45) is 5.60. The molecule has 0 amide bonds. The minimum atomic E-state index is 0.781. The molecule has 2 fully saturated rings. The summed E-state index contributed by atoms with van der Waals surface area (Å²) in [4.78, 5) is 0. The van der Waals surface area contributed by atoms with Gasteiger partial charge in [-0.3, -0.25) is 5.43 Å². The van der Waals surface area contributed by atoms with Crippen LogP contribution in [0.25, 0.3) is 0 Å². The van der Waals surface area contributed by atoms with Gasteiger partial charge in [0.15, 0.2) is 0 Å². The van der Waals surface area contributed by atoms with Gasteiger partial charge < -0.3 is 5.32 Å². The molecule has 0 atom stereocenters. The third-order valence-electron chi connectivity index (χ3n) is 2.84. The molecule has 2 N–H and O–H groups in total. The molecule has 0 unspecified atom stereocenters. The van der Waals surface area contributed by atoms with Gasteiger partial charge in [-0.25, -0.2) is 5.01 Å². The van der Waals surface area contributed by atoms with Crippen LogP contribution >= 0.6 is 0 Å². The Bertz CT molecular complexity index is 126. The van der Waals surface area contributed by atoms with Crippen molar-refractivity contribution in [3.63, 3.8) is 0 Å². The maximum absolute atomic E-state index is 3.61. The highest BCUT2D eigenvalue weighted by Gasteiger charge is 2.18. The van der Waals surface area contributed by atoms with Gasteiger partial charge in [-0.2, -0.15) is 0 Å². The molecule has 2 rings (SSSR count). The molecule has 0 bridgehead atoms. The number of nitrogens with zero attached hydrogens (tertiary/aromatic N) is 1. The minimum Gasteiger partial charge on any atom is -0.314 e. The summed E-state index contributed by atoms with van der Waals surface area (Å²) in [5.41, 5.74) is 3.61. The smallest absolute Gasteiger partial charge is 0.0256 e. The van der Waals surface area contributed by atoms with Crippen LogP contribution < -0.4 is 10.7 Å². The highest BCUT2D eigenvalue weighted by molar-refractivity contribution is 4.74. The van der Waals surface area contributed by atoms with E-state index in [4.69, 9.17) is 0 Å². The van der Waals surface area contributed by atoms with E-state index >= 15 is 0 Å². The Morgan fingerprint density at radius 2 is 1.75 bits per heavy atom. The van der Waals surface area contributed by atoms with Gasteiger partial charge in [-0.05, 0) is 12.8 Å². The van der Waals surface area contributed by atoms with Crippen LogP contribution in [0.15, 0.2) is 0 Å². The number of hydrogen-bond acceptors (Lipinski definition) is 3. The van der Waals surface area contributed by atoms with Crippen LogP contribution in [0.5, 0.6) is 0 Å². The van der Waals surface area contributed by atoms with Crippen molar-refractivity contribution in [1.29, 1.82) is 0 Å². The molecular formula is C9H19N3. The zero-order valence-electron chi connectivity index (χ0n) is 7.68. The molecule has 0 aromatic carbocycles. The maximum Gasteiger partial charge on any atom is 0.0256 e. The van der Waals surface area contributed by atoms with Gasteiger partial charge in [0.1, 0.15) is 0 Å². The highest BCUT2D eigenvalue weighted by Crippen LogP contribution is 2.17. The number of rotatable bonds is 2. The molecule has 0 aromatic heterocycles. The van der Waals surface area contributed by atoms with Crippen molar-refractivity contribution in [2.75, 3.05) is 26.2 Å². The number of hydrogen-bond donors (Lipinski definition) is 2. The Hall–Kier alpha value is -0.120. The van der Waals surface area contributed by atoms with E-state index in [9.17, 15) is 0 Å². The van der Waals surface area contributed by atoms with E-state index in [-0.39, 0.29) is 0 Å². The second kappa shape index (κ2) is 4.21. The van der Waals surface area contributed by atoms with E-state index in [2.05, 4.69) is 15.8 Å². The van der Waals surface area contributed by atoms with Crippen molar-refractivity contribution < 1.29 is 0 Å². The summed E-state index contributed by atoms with van der Waals surface area (Å²) in [5, 5.41) is 5.74. The molecule has 0 aromatic rings. The predicted molar refractivity (Wildman–Crippen MR) is 49.8 cm³/mol. The maximum atomic E-state index is 3.61. The standard InChI is InChI=1S/C9H19N3/c1-2-4-9(3-1)11-12-7-5-10-6-8-12/h9-11H,1-8H2. The van der Waals surface area contributed by atoms with Crippen molar-refractivity contribution in [3.05, 3.63) is 0 Å². The van der Waals surface area contributed by atoms with Crippen molar-refractivity contribution >= 4 is 0 Å². The Balaban J connectivity index is 1.69. The Morgan fingerprint density at radius 1 is 1.08 bits per heavy atom. The van der Waals surface area contributed by atoms with Crippen LogP contribution in [0, 0.1) is 0 Å². The molecule has 1 aliphatic heterocycles. The summed E-state index contributed by atoms with van der Waals surface area (Å²) in [6.45, 7) is 4.60. The summed E-state index contributed by atoms with van der Waals surface area (Å²) in [6, 6.07) is 0.781. The quantitative estimate of drug-likeness (QED) is 0.624. The zero-order chi connectivity index (χ0) is 8.23. The van der Waals surface area contributed by atoms with E-state index < -0.39 is 0 Å². The summed E-state index contributed by atoms with van der Waals surface area (Å²) in [7, 11) is 0. The third-order valence-corrected chi connectivity index (χ3v) is 2.84. The molecule has 70 valence electrons. The molecule has 12 heavy (non-hydrogen) atoms. The third kappa shape index (κ3) is 2.19. The van der Waals surface area contributed by atoms with Gasteiger partial charge in [-0.15, -0.1) is 0 Å². The van der Waals surface area contributed by atoms with Gasteiger partial charge in [0.05, 0.1) is 0 Å². The molecule has 1 aliphatic carbocycles. The average molecular weight is 169 g/mol. The van der Waals surface area contributed by atoms with Gasteiger partial charge in [-0.1, -0.05) is 12.8 Å². The molecule has 3 heteroatoms. The molecule has 0 radical (unpaired) electrons. The lowest BCUT2D eigenvalue weighted by Crippen LogP contribution is -2.52.